The number of hydrogen-bond acceptors (Lipinski definition) is 3. The molecule has 0 saturated heterocycles. The Labute approximate surface area is 169 Å². The Morgan fingerprint density at radius 3 is 2.48 bits per heavy atom. The van der Waals surface area contributed by atoms with E-state index in [4.69, 9.17) is 4.74 Å². The number of carbonyl (C=O) groups is 2. The van der Waals surface area contributed by atoms with Gasteiger partial charge in [0.15, 0.2) is 5.78 Å². The normalized spacial score (nSPS) is 10.6. The molecule has 5 nitrogen and oxygen atoms in total. The van der Waals surface area contributed by atoms with Crippen LogP contribution < -0.4 is 10.1 Å². The molecule has 1 heterocycles. The minimum atomic E-state index is -0.326. The van der Waals surface area contributed by atoms with E-state index >= 15 is 0 Å². The number of carbonyl (C=O) groups excluding carboxylic acids is 2. The fourth-order valence-electron chi connectivity index (χ4n) is 3.29. The average Bonchev–Trinajstić information content (AvgIpc) is 3.03. The molecule has 150 valence electrons. The lowest BCUT2D eigenvalue weighted by molar-refractivity contribution is -0.116. The van der Waals surface area contributed by atoms with Crippen LogP contribution in [0.4, 0.5) is 10.1 Å². The zero-order valence-corrected chi connectivity index (χ0v) is 16.7. The quantitative estimate of drug-likeness (QED) is 0.583. The lowest BCUT2D eigenvalue weighted by Crippen LogP contribution is -2.15. The van der Waals surface area contributed by atoms with Gasteiger partial charge in [0, 0.05) is 41.7 Å². The van der Waals surface area contributed by atoms with E-state index in [1.807, 2.05) is 11.5 Å². The Bertz CT molecular complexity index is 1040. The summed E-state index contributed by atoms with van der Waals surface area (Å²) < 4.78 is 20.4. The summed E-state index contributed by atoms with van der Waals surface area (Å²) in [4.78, 5) is 24.4. The van der Waals surface area contributed by atoms with E-state index in [1.165, 1.54) is 19.1 Å². The van der Waals surface area contributed by atoms with Gasteiger partial charge in [-0.05, 0) is 61.9 Å². The first-order valence-corrected chi connectivity index (χ1v) is 9.30. The second-order valence-corrected chi connectivity index (χ2v) is 6.77. The fraction of sp³-hybridized carbons (Fsp3) is 0.217. The number of methoxy groups -OCH3 is 1. The number of halogens is 1. The van der Waals surface area contributed by atoms with Crippen molar-refractivity contribution in [2.75, 3.05) is 12.4 Å². The standard InChI is InChI=1S/C23H23FN2O3/c1-15-21(16(2)27)14-22(17-7-9-18(24)10-8-17)26(15)12-11-23(28)25-19-5-4-6-20(13-19)29-3/h4-10,13-14H,11-12H2,1-3H3,(H,25,28). The van der Waals surface area contributed by atoms with Gasteiger partial charge in [-0.2, -0.15) is 0 Å². The third-order valence-electron chi connectivity index (χ3n) is 4.80. The third kappa shape index (κ3) is 4.71. The van der Waals surface area contributed by atoms with Crippen LogP contribution in [0.5, 0.6) is 5.75 Å². The number of nitrogens with one attached hydrogen (secondary N) is 1. The highest BCUT2D eigenvalue weighted by atomic mass is 19.1. The Kier molecular flexibility index (Phi) is 6.12. The van der Waals surface area contributed by atoms with Crippen LogP contribution in [-0.4, -0.2) is 23.4 Å². The van der Waals surface area contributed by atoms with E-state index < -0.39 is 0 Å². The third-order valence-corrected chi connectivity index (χ3v) is 4.80. The predicted molar refractivity (Wildman–Crippen MR) is 111 cm³/mol. The molecule has 0 aliphatic heterocycles. The molecule has 3 aromatic rings. The first-order chi connectivity index (χ1) is 13.9. The van der Waals surface area contributed by atoms with Gasteiger partial charge in [-0.3, -0.25) is 9.59 Å². The molecule has 0 spiro atoms. The number of hydrogen-bond donors (Lipinski definition) is 1. The first-order valence-electron chi connectivity index (χ1n) is 9.30. The van der Waals surface area contributed by atoms with E-state index in [9.17, 15) is 14.0 Å². The van der Waals surface area contributed by atoms with Crippen molar-refractivity contribution in [3.63, 3.8) is 0 Å². The molecule has 0 radical (unpaired) electrons. The number of ether oxygens (including phenoxy) is 1. The summed E-state index contributed by atoms with van der Waals surface area (Å²) in [6, 6.07) is 15.0. The molecule has 0 saturated carbocycles. The second kappa shape index (κ2) is 8.73. The lowest BCUT2D eigenvalue weighted by Gasteiger charge is -2.13. The highest BCUT2D eigenvalue weighted by Gasteiger charge is 2.17. The van der Waals surface area contributed by atoms with Crippen molar-refractivity contribution >= 4 is 17.4 Å². The summed E-state index contributed by atoms with van der Waals surface area (Å²) in [7, 11) is 1.57. The van der Waals surface area contributed by atoms with Crippen LogP contribution in [0.3, 0.4) is 0 Å². The van der Waals surface area contributed by atoms with Gasteiger partial charge in [0.2, 0.25) is 5.91 Å². The van der Waals surface area contributed by atoms with E-state index in [1.54, 1.807) is 49.6 Å². The van der Waals surface area contributed by atoms with Gasteiger partial charge < -0.3 is 14.6 Å². The van der Waals surface area contributed by atoms with Crippen molar-refractivity contribution in [3.05, 3.63) is 71.7 Å². The summed E-state index contributed by atoms with van der Waals surface area (Å²) in [5.41, 5.74) is 3.60. The maximum atomic E-state index is 13.3. The maximum Gasteiger partial charge on any atom is 0.226 e. The minimum absolute atomic E-state index is 0.0505. The van der Waals surface area contributed by atoms with E-state index in [0.29, 0.717) is 23.5 Å². The fourth-order valence-corrected chi connectivity index (χ4v) is 3.29. The lowest BCUT2D eigenvalue weighted by atomic mass is 10.1. The zero-order valence-electron chi connectivity index (χ0n) is 16.7. The summed E-state index contributed by atoms with van der Waals surface area (Å²) in [5.74, 6) is 0.132. The molecule has 0 unspecified atom stereocenters. The first kappa shape index (κ1) is 20.3. The summed E-state index contributed by atoms with van der Waals surface area (Å²) >= 11 is 0. The van der Waals surface area contributed by atoms with Crippen molar-refractivity contribution < 1.29 is 18.7 Å². The molecule has 0 atom stereocenters. The summed E-state index contributed by atoms with van der Waals surface area (Å²) in [5, 5.41) is 2.85. The molecule has 2 aromatic carbocycles. The average molecular weight is 394 g/mol. The monoisotopic (exact) mass is 394 g/mol. The molecule has 3 rings (SSSR count). The number of ketones is 1. The van der Waals surface area contributed by atoms with Crippen LogP contribution in [0, 0.1) is 12.7 Å². The molecule has 1 amide bonds. The molecule has 0 fully saturated rings. The molecule has 1 N–H and O–H groups in total. The van der Waals surface area contributed by atoms with Crippen LogP contribution in [-0.2, 0) is 11.3 Å². The topological polar surface area (TPSA) is 60.3 Å². The minimum Gasteiger partial charge on any atom is -0.497 e. The van der Waals surface area contributed by atoms with Gasteiger partial charge in [-0.15, -0.1) is 0 Å². The number of Topliss-reactive ketones (excluding diaryl/α,β-unsaturated/α-hetero) is 1. The highest BCUT2D eigenvalue weighted by molar-refractivity contribution is 5.97. The predicted octanol–water partition coefficient (Wildman–Crippen LogP) is 4.84. The largest absolute Gasteiger partial charge is 0.497 e. The van der Waals surface area contributed by atoms with Crippen molar-refractivity contribution in [1.82, 2.24) is 4.57 Å². The number of amides is 1. The van der Waals surface area contributed by atoms with Crippen molar-refractivity contribution in [3.8, 4) is 17.0 Å². The maximum absolute atomic E-state index is 13.3. The Morgan fingerprint density at radius 1 is 1.10 bits per heavy atom. The van der Waals surface area contributed by atoms with Crippen LogP contribution in [0.25, 0.3) is 11.3 Å². The Balaban J connectivity index is 1.81. The van der Waals surface area contributed by atoms with Gasteiger partial charge in [-0.1, -0.05) is 6.07 Å². The molecule has 29 heavy (non-hydrogen) atoms. The van der Waals surface area contributed by atoms with Gasteiger partial charge in [0.1, 0.15) is 11.6 Å². The van der Waals surface area contributed by atoms with Gasteiger partial charge in [0.05, 0.1) is 7.11 Å². The van der Waals surface area contributed by atoms with E-state index in [-0.39, 0.29) is 23.9 Å². The molecule has 6 heteroatoms. The molecule has 1 aromatic heterocycles. The van der Waals surface area contributed by atoms with Crippen molar-refractivity contribution in [2.45, 2.75) is 26.8 Å². The highest BCUT2D eigenvalue weighted by Crippen LogP contribution is 2.27. The van der Waals surface area contributed by atoms with Crippen LogP contribution >= 0.6 is 0 Å². The van der Waals surface area contributed by atoms with Crippen molar-refractivity contribution in [2.24, 2.45) is 0 Å². The Morgan fingerprint density at radius 2 is 1.83 bits per heavy atom. The van der Waals surface area contributed by atoms with Crippen LogP contribution in [0.1, 0.15) is 29.4 Å². The molecule has 0 aliphatic rings. The smallest absolute Gasteiger partial charge is 0.226 e. The number of benzene rings is 2. The molecular formula is C23H23FN2O3. The van der Waals surface area contributed by atoms with Crippen molar-refractivity contribution in [1.29, 1.82) is 0 Å². The van der Waals surface area contributed by atoms with Gasteiger partial charge in [-0.25, -0.2) is 4.39 Å². The molecular weight excluding hydrogens is 371 g/mol. The second-order valence-electron chi connectivity index (χ2n) is 6.77. The van der Waals surface area contributed by atoms with E-state index in [2.05, 4.69) is 5.32 Å². The van der Waals surface area contributed by atoms with Crippen LogP contribution in [0.15, 0.2) is 54.6 Å². The summed E-state index contributed by atoms with van der Waals surface area (Å²) in [6.45, 7) is 3.75. The number of rotatable bonds is 7. The number of aromatic nitrogens is 1. The number of anilines is 1. The van der Waals surface area contributed by atoms with E-state index in [0.717, 1.165) is 17.0 Å². The molecule has 0 aliphatic carbocycles. The van der Waals surface area contributed by atoms with Gasteiger partial charge in [0.25, 0.3) is 0 Å². The zero-order chi connectivity index (χ0) is 21.0. The molecule has 0 bridgehead atoms. The van der Waals surface area contributed by atoms with Gasteiger partial charge >= 0.3 is 0 Å². The number of nitrogens with zero attached hydrogens (tertiary/aromatic N) is 1. The SMILES string of the molecule is COc1cccc(NC(=O)CCn2c(-c3ccc(F)cc3)cc(C(C)=O)c2C)c1. The van der Waals surface area contributed by atoms with Crippen LogP contribution in [0.2, 0.25) is 0 Å². The summed E-state index contributed by atoms with van der Waals surface area (Å²) in [6.07, 6.45) is 0.221. The Hall–Kier alpha value is -3.41.